The summed E-state index contributed by atoms with van der Waals surface area (Å²) >= 11 is 0. The molecular weight excluding hydrogens is 196 g/mol. The molecule has 0 N–H and O–H groups in total. The van der Waals surface area contributed by atoms with Crippen molar-refractivity contribution >= 4 is 11.4 Å². The zero-order valence-corrected chi connectivity index (χ0v) is 9.01. The molecule has 0 unspecified atom stereocenters. The summed E-state index contributed by atoms with van der Waals surface area (Å²) < 4.78 is 0. The Kier molecular flexibility index (Phi) is 2.00. The van der Waals surface area contributed by atoms with Crippen molar-refractivity contribution in [2.24, 2.45) is 5.10 Å². The molecule has 1 aliphatic heterocycles. The first-order valence-corrected chi connectivity index (χ1v) is 5.30. The normalized spacial score (nSPS) is 12.9. The van der Waals surface area contributed by atoms with E-state index >= 15 is 0 Å². The van der Waals surface area contributed by atoms with Crippen molar-refractivity contribution in [3.8, 4) is 0 Å². The zero-order valence-electron chi connectivity index (χ0n) is 9.01. The van der Waals surface area contributed by atoms with Gasteiger partial charge < -0.3 is 0 Å². The van der Waals surface area contributed by atoms with Crippen LogP contribution < -0.4 is 5.43 Å². The van der Waals surface area contributed by atoms with Crippen LogP contribution in [0.4, 0.5) is 5.69 Å². The van der Waals surface area contributed by atoms with Crippen molar-refractivity contribution in [1.82, 2.24) is 5.43 Å². The third kappa shape index (κ3) is 1.39. The Bertz CT molecular complexity index is 553. The number of rotatable bonds is 1. The molecular formula is C14H11N2. The number of benzene rings is 2. The highest BCUT2D eigenvalue weighted by Gasteiger charge is 2.17. The first kappa shape index (κ1) is 9.16. The molecule has 0 amide bonds. The Morgan fingerprint density at radius 1 is 0.875 bits per heavy atom. The lowest BCUT2D eigenvalue weighted by Gasteiger charge is -2.02. The molecule has 0 saturated carbocycles. The summed E-state index contributed by atoms with van der Waals surface area (Å²) in [6, 6.07) is 16.4. The first-order chi connectivity index (χ1) is 7.84. The Morgan fingerprint density at radius 3 is 2.44 bits per heavy atom. The molecule has 3 rings (SSSR count). The predicted molar refractivity (Wildman–Crippen MR) is 65.1 cm³/mol. The van der Waals surface area contributed by atoms with Gasteiger partial charge in [0.1, 0.15) is 5.71 Å². The van der Waals surface area contributed by atoms with Gasteiger partial charge in [-0.25, -0.2) is 0 Å². The van der Waals surface area contributed by atoms with Crippen LogP contribution >= 0.6 is 0 Å². The van der Waals surface area contributed by atoms with Gasteiger partial charge in [0.25, 0.3) is 0 Å². The molecule has 2 aromatic carbocycles. The van der Waals surface area contributed by atoms with Gasteiger partial charge in [-0.15, -0.1) is 10.5 Å². The van der Waals surface area contributed by atoms with Crippen molar-refractivity contribution in [2.75, 3.05) is 0 Å². The molecule has 2 nitrogen and oxygen atoms in total. The minimum Gasteiger partial charge on any atom is -0.150 e. The molecule has 1 heterocycles. The van der Waals surface area contributed by atoms with Crippen molar-refractivity contribution in [2.45, 2.75) is 6.92 Å². The van der Waals surface area contributed by atoms with Crippen LogP contribution in [0.5, 0.6) is 0 Å². The molecule has 0 bridgehead atoms. The standard InChI is InChI=1S/C14H11N2/c1-10-6-8-11(9-7-10)14-12-4-2-3-5-13(12)15-16-14/h2-9H,1H3. The summed E-state index contributed by atoms with van der Waals surface area (Å²) in [5.41, 5.74) is 9.59. The van der Waals surface area contributed by atoms with Crippen molar-refractivity contribution in [3.05, 3.63) is 65.2 Å². The highest BCUT2D eigenvalue weighted by atomic mass is 15.3. The summed E-state index contributed by atoms with van der Waals surface area (Å²) in [5.74, 6) is 0. The molecule has 0 saturated heterocycles. The summed E-state index contributed by atoms with van der Waals surface area (Å²) in [5, 5.41) is 4.25. The lowest BCUT2D eigenvalue weighted by atomic mass is 10.0. The second-order valence-corrected chi connectivity index (χ2v) is 3.93. The molecule has 2 heteroatoms. The number of fused-ring (bicyclic) bond motifs is 1. The second-order valence-electron chi connectivity index (χ2n) is 3.93. The van der Waals surface area contributed by atoms with Gasteiger partial charge in [-0.2, -0.15) is 0 Å². The fourth-order valence-electron chi connectivity index (χ4n) is 1.84. The van der Waals surface area contributed by atoms with Crippen LogP contribution in [0.25, 0.3) is 0 Å². The molecule has 0 aliphatic carbocycles. The average Bonchev–Trinajstić information content (AvgIpc) is 2.74. The lowest BCUT2D eigenvalue weighted by Crippen LogP contribution is -1.99. The summed E-state index contributed by atoms with van der Waals surface area (Å²) in [6.45, 7) is 2.08. The fraction of sp³-hybridized carbons (Fsp3) is 0.0714. The van der Waals surface area contributed by atoms with Gasteiger partial charge in [0, 0.05) is 11.1 Å². The van der Waals surface area contributed by atoms with Crippen molar-refractivity contribution < 1.29 is 0 Å². The molecule has 16 heavy (non-hydrogen) atoms. The van der Waals surface area contributed by atoms with Gasteiger partial charge in [0.2, 0.25) is 0 Å². The molecule has 0 spiro atoms. The Hall–Kier alpha value is -2.09. The quantitative estimate of drug-likeness (QED) is 0.687. The maximum absolute atomic E-state index is 4.25. The molecule has 1 radical (unpaired) electrons. The Labute approximate surface area is 94.6 Å². The maximum Gasteiger partial charge on any atom is 0.102 e. The van der Waals surface area contributed by atoms with Gasteiger partial charge in [0.05, 0.1) is 5.69 Å². The van der Waals surface area contributed by atoms with E-state index < -0.39 is 0 Å². The summed E-state index contributed by atoms with van der Waals surface area (Å²) in [6.07, 6.45) is 0. The van der Waals surface area contributed by atoms with E-state index in [9.17, 15) is 0 Å². The third-order valence-electron chi connectivity index (χ3n) is 2.74. The van der Waals surface area contributed by atoms with Crippen LogP contribution in [0.1, 0.15) is 16.7 Å². The summed E-state index contributed by atoms with van der Waals surface area (Å²) in [4.78, 5) is 0. The molecule has 77 valence electrons. The lowest BCUT2D eigenvalue weighted by molar-refractivity contribution is 0.987. The number of hydrogen-bond donors (Lipinski definition) is 0. The minimum absolute atomic E-state index is 0.957. The fourth-order valence-corrected chi connectivity index (χ4v) is 1.84. The van der Waals surface area contributed by atoms with E-state index in [2.05, 4.69) is 47.8 Å². The highest BCUT2D eigenvalue weighted by Crippen LogP contribution is 2.25. The van der Waals surface area contributed by atoms with E-state index in [1.807, 2.05) is 18.2 Å². The third-order valence-corrected chi connectivity index (χ3v) is 2.74. The average molecular weight is 207 g/mol. The van der Waals surface area contributed by atoms with Crippen molar-refractivity contribution in [1.29, 1.82) is 0 Å². The van der Waals surface area contributed by atoms with Crippen LogP contribution in [0.3, 0.4) is 0 Å². The molecule has 2 aromatic rings. The van der Waals surface area contributed by atoms with E-state index in [-0.39, 0.29) is 0 Å². The van der Waals surface area contributed by atoms with Gasteiger partial charge in [-0.05, 0) is 13.0 Å². The predicted octanol–water partition coefficient (Wildman–Crippen LogP) is 3.00. The van der Waals surface area contributed by atoms with Gasteiger partial charge in [-0.3, -0.25) is 0 Å². The molecule has 0 aromatic heterocycles. The molecule has 0 fully saturated rings. The number of hydrogen-bond acceptors (Lipinski definition) is 1. The number of aryl methyl sites for hydroxylation is 1. The summed E-state index contributed by atoms with van der Waals surface area (Å²) in [7, 11) is 0. The van der Waals surface area contributed by atoms with Crippen LogP contribution in [0.2, 0.25) is 0 Å². The second kappa shape index (κ2) is 3.49. The van der Waals surface area contributed by atoms with E-state index in [0.717, 1.165) is 22.5 Å². The SMILES string of the molecule is Cc1ccc(C2=N[N]c3ccccc32)cc1. The molecule has 0 atom stereocenters. The van der Waals surface area contributed by atoms with E-state index in [4.69, 9.17) is 0 Å². The largest absolute Gasteiger partial charge is 0.150 e. The number of nitrogens with zero attached hydrogens (tertiary/aromatic N) is 2. The van der Waals surface area contributed by atoms with Crippen LogP contribution in [-0.2, 0) is 0 Å². The first-order valence-electron chi connectivity index (χ1n) is 5.30. The minimum atomic E-state index is 0.957. The Balaban J connectivity index is 2.07. The maximum atomic E-state index is 4.25. The van der Waals surface area contributed by atoms with E-state index in [1.54, 1.807) is 0 Å². The Morgan fingerprint density at radius 2 is 1.62 bits per heavy atom. The van der Waals surface area contributed by atoms with Gasteiger partial charge in [-0.1, -0.05) is 48.0 Å². The van der Waals surface area contributed by atoms with Gasteiger partial charge >= 0.3 is 0 Å². The van der Waals surface area contributed by atoms with E-state index in [0.29, 0.717) is 0 Å². The van der Waals surface area contributed by atoms with Crippen LogP contribution in [0.15, 0.2) is 53.6 Å². The molecule has 1 aliphatic rings. The zero-order chi connectivity index (χ0) is 11.0. The smallest absolute Gasteiger partial charge is 0.102 e. The van der Waals surface area contributed by atoms with E-state index in [1.165, 1.54) is 5.56 Å². The topological polar surface area (TPSA) is 26.5 Å². The highest BCUT2D eigenvalue weighted by molar-refractivity contribution is 6.17. The van der Waals surface area contributed by atoms with Crippen molar-refractivity contribution in [3.63, 3.8) is 0 Å². The van der Waals surface area contributed by atoms with Gasteiger partial charge in [0.15, 0.2) is 0 Å². The van der Waals surface area contributed by atoms with Crippen LogP contribution in [-0.4, -0.2) is 5.71 Å². The van der Waals surface area contributed by atoms with Crippen LogP contribution in [0, 0.1) is 6.92 Å². The monoisotopic (exact) mass is 207 g/mol.